The molecule has 1 rings (SSSR count). The standard InChI is InChI=1S/C15H28N2O3/c1-11(2)15(7-8-15)10-16-13(20)17(14(3,4)5)9-6-12(18)19/h11H,6-10H2,1-5H3,(H,16,20)(H,18,19). The van der Waals surface area contributed by atoms with Gasteiger partial charge in [0.05, 0.1) is 6.42 Å². The van der Waals surface area contributed by atoms with Gasteiger partial charge in [-0.2, -0.15) is 0 Å². The number of nitrogens with zero attached hydrogens (tertiary/aromatic N) is 1. The number of carbonyl (C=O) groups is 2. The van der Waals surface area contributed by atoms with Crippen LogP contribution in [-0.2, 0) is 4.79 Å². The molecule has 0 aromatic heterocycles. The van der Waals surface area contributed by atoms with Gasteiger partial charge in [-0.15, -0.1) is 0 Å². The minimum Gasteiger partial charge on any atom is -0.481 e. The molecule has 20 heavy (non-hydrogen) atoms. The number of hydrogen-bond acceptors (Lipinski definition) is 2. The number of aliphatic carboxylic acids is 1. The molecule has 0 saturated heterocycles. The molecular formula is C15H28N2O3. The first-order valence-electron chi connectivity index (χ1n) is 7.36. The van der Waals surface area contributed by atoms with Crippen LogP contribution in [0, 0.1) is 11.3 Å². The van der Waals surface area contributed by atoms with Crippen LogP contribution in [0.2, 0.25) is 0 Å². The highest BCUT2D eigenvalue weighted by atomic mass is 16.4. The van der Waals surface area contributed by atoms with E-state index in [1.807, 2.05) is 20.8 Å². The van der Waals surface area contributed by atoms with E-state index in [-0.39, 0.29) is 30.0 Å². The third-order valence-electron chi connectivity index (χ3n) is 4.31. The van der Waals surface area contributed by atoms with Crippen molar-refractivity contribution in [2.24, 2.45) is 11.3 Å². The summed E-state index contributed by atoms with van der Waals surface area (Å²) in [5.41, 5.74) is -0.125. The van der Waals surface area contributed by atoms with E-state index in [1.165, 1.54) is 0 Å². The molecule has 0 aromatic carbocycles. The van der Waals surface area contributed by atoms with E-state index in [9.17, 15) is 9.59 Å². The van der Waals surface area contributed by atoms with Crippen molar-refractivity contribution in [3.8, 4) is 0 Å². The molecule has 1 saturated carbocycles. The second kappa shape index (κ2) is 6.02. The van der Waals surface area contributed by atoms with Gasteiger partial charge in [-0.1, -0.05) is 13.8 Å². The van der Waals surface area contributed by atoms with E-state index in [0.717, 1.165) is 12.8 Å². The highest BCUT2D eigenvalue weighted by Crippen LogP contribution is 2.51. The van der Waals surface area contributed by atoms with Crippen LogP contribution in [0.4, 0.5) is 4.79 Å². The normalized spacial score (nSPS) is 16.9. The Kier molecular flexibility index (Phi) is 5.05. The summed E-state index contributed by atoms with van der Waals surface area (Å²) in [4.78, 5) is 24.6. The third-order valence-corrected chi connectivity index (χ3v) is 4.31. The Labute approximate surface area is 121 Å². The van der Waals surface area contributed by atoms with Gasteiger partial charge in [0.1, 0.15) is 0 Å². The van der Waals surface area contributed by atoms with Crippen molar-refractivity contribution < 1.29 is 14.7 Å². The topological polar surface area (TPSA) is 69.6 Å². The number of carboxylic acids is 1. The fourth-order valence-corrected chi connectivity index (χ4v) is 2.41. The lowest BCUT2D eigenvalue weighted by atomic mass is 9.92. The maximum atomic E-state index is 12.3. The van der Waals surface area contributed by atoms with Crippen LogP contribution < -0.4 is 5.32 Å². The number of carboxylic acid groups (broad SMARTS) is 1. The van der Waals surface area contributed by atoms with E-state index in [2.05, 4.69) is 19.2 Å². The third kappa shape index (κ3) is 4.39. The van der Waals surface area contributed by atoms with Gasteiger partial charge in [0.15, 0.2) is 0 Å². The Bertz CT molecular complexity index is 368. The lowest BCUT2D eigenvalue weighted by Gasteiger charge is -2.36. The molecule has 1 fully saturated rings. The molecule has 5 nitrogen and oxygen atoms in total. The summed E-state index contributed by atoms with van der Waals surface area (Å²) >= 11 is 0. The van der Waals surface area contributed by atoms with Gasteiger partial charge in [0.2, 0.25) is 0 Å². The zero-order valence-electron chi connectivity index (χ0n) is 13.3. The van der Waals surface area contributed by atoms with Gasteiger partial charge in [-0.3, -0.25) is 4.79 Å². The lowest BCUT2D eigenvalue weighted by Crippen LogP contribution is -2.52. The summed E-state index contributed by atoms with van der Waals surface area (Å²) in [7, 11) is 0. The largest absolute Gasteiger partial charge is 0.481 e. The molecule has 2 amide bonds. The van der Waals surface area contributed by atoms with Crippen molar-refractivity contribution in [1.82, 2.24) is 10.2 Å². The van der Waals surface area contributed by atoms with E-state index < -0.39 is 5.97 Å². The van der Waals surface area contributed by atoms with Gasteiger partial charge in [0.25, 0.3) is 0 Å². The Morgan fingerprint density at radius 3 is 2.20 bits per heavy atom. The molecule has 1 aliphatic carbocycles. The van der Waals surface area contributed by atoms with Gasteiger partial charge in [-0.25, -0.2) is 4.79 Å². The predicted octanol–water partition coefficient (Wildman–Crippen LogP) is 2.71. The van der Waals surface area contributed by atoms with Crippen LogP contribution in [0.15, 0.2) is 0 Å². The molecule has 5 heteroatoms. The molecule has 0 bridgehead atoms. The highest BCUT2D eigenvalue weighted by Gasteiger charge is 2.45. The number of urea groups is 1. The summed E-state index contributed by atoms with van der Waals surface area (Å²) in [5, 5.41) is 11.8. The summed E-state index contributed by atoms with van der Waals surface area (Å²) in [6.07, 6.45) is 2.30. The Hall–Kier alpha value is -1.26. The summed E-state index contributed by atoms with van der Waals surface area (Å²) in [5.74, 6) is -0.321. The zero-order valence-corrected chi connectivity index (χ0v) is 13.3. The quantitative estimate of drug-likeness (QED) is 0.788. The smallest absolute Gasteiger partial charge is 0.317 e. The fraction of sp³-hybridized carbons (Fsp3) is 0.867. The second-order valence-electron chi connectivity index (χ2n) is 7.14. The van der Waals surface area contributed by atoms with Crippen LogP contribution in [0.3, 0.4) is 0 Å². The average Bonchev–Trinajstić information content (AvgIpc) is 3.05. The van der Waals surface area contributed by atoms with Gasteiger partial charge in [-0.05, 0) is 44.9 Å². The maximum absolute atomic E-state index is 12.3. The molecule has 0 heterocycles. The molecule has 0 radical (unpaired) electrons. The van der Waals surface area contributed by atoms with E-state index in [0.29, 0.717) is 12.5 Å². The van der Waals surface area contributed by atoms with Crippen molar-refractivity contribution in [1.29, 1.82) is 0 Å². The number of carbonyl (C=O) groups excluding carboxylic acids is 1. The minimum atomic E-state index is -0.882. The van der Waals surface area contributed by atoms with Crippen LogP contribution >= 0.6 is 0 Å². The van der Waals surface area contributed by atoms with Gasteiger partial charge in [0, 0.05) is 18.6 Å². The first-order chi connectivity index (χ1) is 9.08. The number of nitrogens with one attached hydrogen (secondary N) is 1. The number of rotatable bonds is 6. The second-order valence-corrected chi connectivity index (χ2v) is 7.14. The molecular weight excluding hydrogens is 256 g/mol. The van der Waals surface area contributed by atoms with Crippen LogP contribution in [0.1, 0.15) is 53.9 Å². The molecule has 0 spiro atoms. The zero-order chi connectivity index (χ0) is 15.6. The van der Waals surface area contributed by atoms with Crippen molar-refractivity contribution in [3.05, 3.63) is 0 Å². The van der Waals surface area contributed by atoms with Crippen molar-refractivity contribution in [2.75, 3.05) is 13.1 Å². The molecule has 2 N–H and O–H groups in total. The fourth-order valence-electron chi connectivity index (χ4n) is 2.41. The van der Waals surface area contributed by atoms with Crippen LogP contribution in [-0.4, -0.2) is 40.6 Å². The van der Waals surface area contributed by atoms with E-state index in [4.69, 9.17) is 5.11 Å². The van der Waals surface area contributed by atoms with Crippen molar-refractivity contribution in [3.63, 3.8) is 0 Å². The Balaban J connectivity index is 2.58. The number of amides is 2. The summed E-state index contributed by atoms with van der Waals surface area (Å²) in [6, 6.07) is -0.161. The SMILES string of the molecule is CC(C)C1(CNC(=O)N(CCC(=O)O)C(C)(C)C)CC1. The highest BCUT2D eigenvalue weighted by molar-refractivity contribution is 5.76. The summed E-state index contributed by atoms with van der Waals surface area (Å²) < 4.78 is 0. The molecule has 116 valence electrons. The first-order valence-corrected chi connectivity index (χ1v) is 7.36. The molecule has 0 unspecified atom stereocenters. The predicted molar refractivity (Wildman–Crippen MR) is 78.6 cm³/mol. The van der Waals surface area contributed by atoms with Gasteiger partial charge < -0.3 is 15.3 Å². The molecule has 0 atom stereocenters. The number of hydrogen-bond donors (Lipinski definition) is 2. The van der Waals surface area contributed by atoms with Gasteiger partial charge >= 0.3 is 12.0 Å². The maximum Gasteiger partial charge on any atom is 0.317 e. The summed E-state index contributed by atoms with van der Waals surface area (Å²) in [6.45, 7) is 11.1. The van der Waals surface area contributed by atoms with E-state index in [1.54, 1.807) is 4.90 Å². The first kappa shape index (κ1) is 16.8. The van der Waals surface area contributed by atoms with E-state index >= 15 is 0 Å². The van der Waals surface area contributed by atoms with Crippen LogP contribution in [0.5, 0.6) is 0 Å². The monoisotopic (exact) mass is 284 g/mol. The minimum absolute atomic E-state index is 0.0278. The Morgan fingerprint density at radius 2 is 1.85 bits per heavy atom. The molecule has 0 aromatic rings. The lowest BCUT2D eigenvalue weighted by molar-refractivity contribution is -0.137. The van der Waals surface area contributed by atoms with Crippen molar-refractivity contribution >= 4 is 12.0 Å². The molecule has 1 aliphatic rings. The average molecular weight is 284 g/mol. The molecule has 0 aliphatic heterocycles. The Morgan fingerprint density at radius 1 is 1.30 bits per heavy atom. The van der Waals surface area contributed by atoms with Crippen LogP contribution in [0.25, 0.3) is 0 Å². The van der Waals surface area contributed by atoms with Crippen molar-refractivity contribution in [2.45, 2.75) is 59.4 Å².